The van der Waals surface area contributed by atoms with Crippen molar-refractivity contribution in [3.05, 3.63) is 64.4 Å². The molecular formula is C12H10ClF2N3. The number of benzene rings is 1. The van der Waals surface area contributed by atoms with Gasteiger partial charge in [-0.05, 0) is 23.3 Å². The van der Waals surface area contributed by atoms with Crippen LogP contribution in [0.25, 0.3) is 0 Å². The summed E-state index contributed by atoms with van der Waals surface area (Å²) in [5.74, 6) is 4.37. The molecule has 0 aliphatic carbocycles. The summed E-state index contributed by atoms with van der Waals surface area (Å²) < 4.78 is 26.5. The molecule has 0 saturated heterocycles. The van der Waals surface area contributed by atoms with Gasteiger partial charge >= 0.3 is 0 Å². The van der Waals surface area contributed by atoms with Crippen LogP contribution in [0.2, 0.25) is 5.02 Å². The lowest BCUT2D eigenvalue weighted by Crippen LogP contribution is -2.29. The lowest BCUT2D eigenvalue weighted by Gasteiger charge is -2.18. The fraction of sp³-hybridized carbons (Fsp3) is 0.0833. The SMILES string of the molecule is NNC(c1cncc(F)c1)c1cccc(F)c1Cl. The van der Waals surface area contributed by atoms with E-state index in [1.165, 1.54) is 24.4 Å². The first kappa shape index (κ1) is 12.9. The smallest absolute Gasteiger partial charge is 0.142 e. The number of hydrogen-bond donors (Lipinski definition) is 2. The first-order chi connectivity index (χ1) is 8.63. The molecule has 0 amide bonds. The van der Waals surface area contributed by atoms with E-state index in [1.807, 2.05) is 0 Å². The minimum absolute atomic E-state index is 0.0512. The summed E-state index contributed by atoms with van der Waals surface area (Å²) in [6.07, 6.45) is 2.51. The fourth-order valence-corrected chi connectivity index (χ4v) is 1.93. The Bertz CT molecular complexity index is 563. The topological polar surface area (TPSA) is 50.9 Å². The summed E-state index contributed by atoms with van der Waals surface area (Å²) in [5.41, 5.74) is 3.36. The molecule has 3 N–H and O–H groups in total. The van der Waals surface area contributed by atoms with Gasteiger partial charge in [-0.25, -0.2) is 14.2 Å². The van der Waals surface area contributed by atoms with E-state index in [1.54, 1.807) is 6.07 Å². The van der Waals surface area contributed by atoms with E-state index in [0.29, 0.717) is 11.1 Å². The molecule has 18 heavy (non-hydrogen) atoms. The molecule has 0 fully saturated rings. The third-order valence-electron chi connectivity index (χ3n) is 2.52. The molecule has 94 valence electrons. The number of nitrogens with two attached hydrogens (primary N) is 1. The van der Waals surface area contributed by atoms with Crippen LogP contribution in [0.3, 0.4) is 0 Å². The van der Waals surface area contributed by atoms with Gasteiger partial charge in [0.1, 0.15) is 11.6 Å². The van der Waals surface area contributed by atoms with Crippen molar-refractivity contribution in [1.29, 1.82) is 0 Å². The van der Waals surface area contributed by atoms with Crippen LogP contribution in [0.4, 0.5) is 8.78 Å². The van der Waals surface area contributed by atoms with Crippen LogP contribution in [0, 0.1) is 11.6 Å². The second-order valence-electron chi connectivity index (χ2n) is 3.68. The Hall–Kier alpha value is -1.56. The van der Waals surface area contributed by atoms with Crippen molar-refractivity contribution in [3.8, 4) is 0 Å². The van der Waals surface area contributed by atoms with E-state index in [2.05, 4.69) is 10.4 Å². The Kier molecular flexibility index (Phi) is 3.86. The van der Waals surface area contributed by atoms with Crippen molar-refractivity contribution in [3.63, 3.8) is 0 Å². The molecule has 0 aliphatic rings. The van der Waals surface area contributed by atoms with Gasteiger partial charge in [0.25, 0.3) is 0 Å². The van der Waals surface area contributed by atoms with Crippen LogP contribution in [0.1, 0.15) is 17.2 Å². The number of halogens is 3. The predicted molar refractivity (Wildman–Crippen MR) is 64.8 cm³/mol. The van der Waals surface area contributed by atoms with Crippen molar-refractivity contribution in [2.45, 2.75) is 6.04 Å². The molecule has 0 radical (unpaired) electrons. The minimum Gasteiger partial charge on any atom is -0.271 e. The Morgan fingerprint density at radius 1 is 1.28 bits per heavy atom. The highest BCUT2D eigenvalue weighted by molar-refractivity contribution is 6.31. The van der Waals surface area contributed by atoms with Crippen molar-refractivity contribution in [2.75, 3.05) is 0 Å². The van der Waals surface area contributed by atoms with Crippen molar-refractivity contribution in [1.82, 2.24) is 10.4 Å². The van der Waals surface area contributed by atoms with E-state index < -0.39 is 17.7 Å². The third-order valence-corrected chi connectivity index (χ3v) is 2.92. The second-order valence-corrected chi connectivity index (χ2v) is 4.06. The molecule has 0 aliphatic heterocycles. The standard InChI is InChI=1S/C12H10ClF2N3/c13-11-9(2-1-3-10(11)15)12(18-16)7-4-8(14)6-17-5-7/h1-6,12,18H,16H2. The van der Waals surface area contributed by atoms with Gasteiger partial charge in [-0.2, -0.15) is 0 Å². The lowest BCUT2D eigenvalue weighted by atomic mass is 10.0. The first-order valence-electron chi connectivity index (χ1n) is 5.14. The van der Waals surface area contributed by atoms with E-state index in [4.69, 9.17) is 17.4 Å². The number of nitrogens with zero attached hydrogens (tertiary/aromatic N) is 1. The molecule has 3 nitrogen and oxygen atoms in total. The quantitative estimate of drug-likeness (QED) is 0.665. The maximum absolute atomic E-state index is 13.4. The van der Waals surface area contributed by atoms with Crippen molar-refractivity contribution < 1.29 is 8.78 Å². The maximum Gasteiger partial charge on any atom is 0.142 e. The number of rotatable bonds is 3. The number of hydrogen-bond acceptors (Lipinski definition) is 3. The molecule has 1 heterocycles. The molecule has 0 saturated carbocycles. The van der Waals surface area contributed by atoms with Gasteiger partial charge in [-0.1, -0.05) is 23.7 Å². The van der Waals surface area contributed by atoms with E-state index >= 15 is 0 Å². The predicted octanol–water partition coefficient (Wildman–Crippen LogP) is 2.57. The van der Waals surface area contributed by atoms with Crippen LogP contribution < -0.4 is 11.3 Å². The van der Waals surface area contributed by atoms with E-state index in [0.717, 1.165) is 6.20 Å². The summed E-state index contributed by atoms with van der Waals surface area (Å²) in [4.78, 5) is 3.72. The monoisotopic (exact) mass is 269 g/mol. The van der Waals surface area contributed by atoms with Crippen LogP contribution in [-0.2, 0) is 0 Å². The van der Waals surface area contributed by atoms with Crippen LogP contribution in [-0.4, -0.2) is 4.98 Å². The highest BCUT2D eigenvalue weighted by atomic mass is 35.5. The van der Waals surface area contributed by atoms with Gasteiger partial charge in [-0.3, -0.25) is 10.8 Å². The Labute approximate surface area is 108 Å². The largest absolute Gasteiger partial charge is 0.271 e. The average molecular weight is 270 g/mol. The third kappa shape index (κ3) is 2.48. The van der Waals surface area contributed by atoms with Crippen molar-refractivity contribution in [2.24, 2.45) is 5.84 Å². The van der Waals surface area contributed by atoms with Crippen LogP contribution >= 0.6 is 11.6 Å². The molecule has 2 rings (SSSR count). The molecule has 1 aromatic carbocycles. The summed E-state index contributed by atoms with van der Waals surface area (Å²) in [6, 6.07) is 4.99. The summed E-state index contributed by atoms with van der Waals surface area (Å²) in [7, 11) is 0. The minimum atomic E-state index is -0.628. The normalized spacial score (nSPS) is 12.4. The van der Waals surface area contributed by atoms with Gasteiger partial charge < -0.3 is 0 Å². The molecule has 0 bridgehead atoms. The van der Waals surface area contributed by atoms with Gasteiger partial charge in [0, 0.05) is 6.20 Å². The number of nitrogens with one attached hydrogen (secondary N) is 1. The van der Waals surface area contributed by atoms with Crippen LogP contribution in [0.15, 0.2) is 36.7 Å². The molecule has 1 atom stereocenters. The first-order valence-corrected chi connectivity index (χ1v) is 5.51. The van der Waals surface area contributed by atoms with E-state index in [9.17, 15) is 8.78 Å². The van der Waals surface area contributed by atoms with Gasteiger partial charge in [0.2, 0.25) is 0 Å². The summed E-state index contributed by atoms with van der Waals surface area (Å²) in [5, 5.41) is -0.0512. The van der Waals surface area contributed by atoms with Crippen molar-refractivity contribution >= 4 is 11.6 Å². The second kappa shape index (κ2) is 5.39. The van der Waals surface area contributed by atoms with Gasteiger partial charge in [0.05, 0.1) is 17.3 Å². The van der Waals surface area contributed by atoms with E-state index in [-0.39, 0.29) is 5.02 Å². The molecule has 0 spiro atoms. The highest BCUT2D eigenvalue weighted by Gasteiger charge is 2.18. The Balaban J connectivity index is 2.49. The lowest BCUT2D eigenvalue weighted by molar-refractivity contribution is 0.590. The number of hydrazine groups is 1. The summed E-state index contributed by atoms with van der Waals surface area (Å²) in [6.45, 7) is 0. The number of pyridine rings is 1. The zero-order valence-corrected chi connectivity index (χ0v) is 9.96. The molecule has 1 aromatic heterocycles. The fourth-order valence-electron chi connectivity index (χ4n) is 1.70. The maximum atomic E-state index is 13.4. The zero-order chi connectivity index (χ0) is 13.1. The zero-order valence-electron chi connectivity index (χ0n) is 9.20. The van der Waals surface area contributed by atoms with Crippen LogP contribution in [0.5, 0.6) is 0 Å². The Morgan fingerprint density at radius 3 is 2.72 bits per heavy atom. The van der Waals surface area contributed by atoms with Gasteiger partial charge in [-0.15, -0.1) is 0 Å². The molecule has 1 unspecified atom stereocenters. The van der Waals surface area contributed by atoms with Gasteiger partial charge in [0.15, 0.2) is 0 Å². The highest BCUT2D eigenvalue weighted by Crippen LogP contribution is 2.29. The molecule has 2 aromatic rings. The molecular weight excluding hydrogens is 260 g/mol. The summed E-state index contributed by atoms with van der Waals surface area (Å²) >= 11 is 5.87. The Morgan fingerprint density at radius 2 is 2.06 bits per heavy atom. The average Bonchev–Trinajstić information content (AvgIpc) is 2.35. The number of aromatic nitrogens is 1. The molecule has 6 heteroatoms.